The third-order valence-corrected chi connectivity index (χ3v) is 4.80. The fourth-order valence-corrected chi connectivity index (χ4v) is 3.40. The highest BCUT2D eigenvalue weighted by molar-refractivity contribution is 5.03. The van der Waals surface area contributed by atoms with Crippen molar-refractivity contribution in [1.29, 1.82) is 0 Å². The molecule has 0 aromatic heterocycles. The van der Waals surface area contributed by atoms with Crippen molar-refractivity contribution in [1.82, 2.24) is 5.32 Å². The molecule has 2 aliphatic carbocycles. The number of ether oxygens (including phenoxy) is 1. The minimum absolute atomic E-state index is 0.142. The normalized spacial score (nSPS) is 35.8. The summed E-state index contributed by atoms with van der Waals surface area (Å²) in [5.41, 5.74) is 0.142. The predicted molar refractivity (Wildman–Crippen MR) is 72.2 cm³/mol. The van der Waals surface area contributed by atoms with E-state index in [4.69, 9.17) is 4.74 Å². The van der Waals surface area contributed by atoms with Crippen molar-refractivity contribution >= 4 is 0 Å². The van der Waals surface area contributed by atoms with Crippen molar-refractivity contribution in [3.05, 3.63) is 0 Å². The molecule has 0 spiro atoms. The van der Waals surface area contributed by atoms with Gasteiger partial charge in [-0.05, 0) is 63.3 Å². The van der Waals surface area contributed by atoms with Crippen molar-refractivity contribution in [3.8, 4) is 0 Å². The van der Waals surface area contributed by atoms with Gasteiger partial charge in [0.2, 0.25) is 0 Å². The summed E-state index contributed by atoms with van der Waals surface area (Å²) < 4.78 is 6.03. The van der Waals surface area contributed by atoms with Crippen molar-refractivity contribution in [3.63, 3.8) is 0 Å². The third kappa shape index (κ3) is 3.03. The maximum absolute atomic E-state index is 6.03. The first-order valence-electron chi connectivity index (χ1n) is 7.50. The van der Waals surface area contributed by atoms with Gasteiger partial charge in [0.05, 0.1) is 5.60 Å². The molecule has 2 rings (SSSR count). The summed E-state index contributed by atoms with van der Waals surface area (Å²) in [7, 11) is 1.93. The van der Waals surface area contributed by atoms with Gasteiger partial charge in [-0.1, -0.05) is 13.8 Å². The second kappa shape index (κ2) is 5.71. The summed E-state index contributed by atoms with van der Waals surface area (Å²) in [6.07, 6.45) is 9.21. The lowest BCUT2D eigenvalue weighted by molar-refractivity contribution is -0.0797. The Morgan fingerprint density at radius 3 is 2.35 bits per heavy atom. The van der Waals surface area contributed by atoms with E-state index in [1.807, 2.05) is 7.11 Å². The van der Waals surface area contributed by atoms with Crippen molar-refractivity contribution in [2.24, 2.45) is 11.8 Å². The van der Waals surface area contributed by atoms with E-state index in [-0.39, 0.29) is 5.60 Å². The van der Waals surface area contributed by atoms with Gasteiger partial charge in [-0.2, -0.15) is 0 Å². The molecule has 2 saturated carbocycles. The smallest absolute Gasteiger partial charge is 0.0833 e. The molecule has 100 valence electrons. The molecule has 0 heterocycles. The van der Waals surface area contributed by atoms with E-state index in [0.29, 0.717) is 6.04 Å². The Kier molecular flexibility index (Phi) is 4.48. The van der Waals surface area contributed by atoms with Gasteiger partial charge in [0, 0.05) is 13.2 Å². The third-order valence-electron chi connectivity index (χ3n) is 4.80. The summed E-state index contributed by atoms with van der Waals surface area (Å²) in [5, 5.41) is 3.78. The number of hydrogen-bond acceptors (Lipinski definition) is 2. The Morgan fingerprint density at radius 2 is 1.88 bits per heavy atom. The van der Waals surface area contributed by atoms with Crippen LogP contribution in [-0.2, 0) is 4.74 Å². The van der Waals surface area contributed by atoms with E-state index in [0.717, 1.165) is 18.4 Å². The molecule has 0 saturated heterocycles. The molecule has 0 aromatic rings. The average molecular weight is 239 g/mol. The van der Waals surface area contributed by atoms with E-state index in [2.05, 4.69) is 19.2 Å². The lowest BCUT2D eigenvalue weighted by Crippen LogP contribution is -2.55. The minimum Gasteiger partial charge on any atom is -0.377 e. The Labute approximate surface area is 107 Å². The van der Waals surface area contributed by atoms with E-state index in [1.54, 1.807) is 0 Å². The zero-order chi connectivity index (χ0) is 12.3. The van der Waals surface area contributed by atoms with Crippen LogP contribution in [0, 0.1) is 11.8 Å². The van der Waals surface area contributed by atoms with Crippen LogP contribution in [0.5, 0.6) is 0 Å². The fourth-order valence-electron chi connectivity index (χ4n) is 3.40. The van der Waals surface area contributed by atoms with Crippen molar-refractivity contribution in [2.75, 3.05) is 13.7 Å². The Hall–Kier alpha value is -0.0800. The van der Waals surface area contributed by atoms with Gasteiger partial charge in [0.25, 0.3) is 0 Å². The fraction of sp³-hybridized carbons (Fsp3) is 1.00. The number of methoxy groups -OCH3 is 1. The summed E-state index contributed by atoms with van der Waals surface area (Å²) in [4.78, 5) is 0. The standard InChI is InChI=1S/C15H29NO/c1-4-11-16-14(13-5-6-13)15(17-3)9-7-12(2)8-10-15/h12-14,16H,4-11H2,1-3H3. The van der Waals surface area contributed by atoms with Crippen LogP contribution in [0.2, 0.25) is 0 Å². The molecule has 2 fully saturated rings. The molecule has 0 bridgehead atoms. The van der Waals surface area contributed by atoms with Gasteiger partial charge >= 0.3 is 0 Å². The summed E-state index contributed by atoms with van der Waals surface area (Å²) in [6.45, 7) is 5.77. The second-order valence-electron chi connectivity index (χ2n) is 6.22. The Bertz CT molecular complexity index is 229. The largest absolute Gasteiger partial charge is 0.377 e. The van der Waals surface area contributed by atoms with Crippen molar-refractivity contribution in [2.45, 2.75) is 70.4 Å². The van der Waals surface area contributed by atoms with E-state index in [9.17, 15) is 0 Å². The molecule has 1 atom stereocenters. The van der Waals surface area contributed by atoms with Crippen LogP contribution in [0.4, 0.5) is 0 Å². The maximum Gasteiger partial charge on any atom is 0.0833 e. The molecule has 2 aliphatic rings. The quantitative estimate of drug-likeness (QED) is 0.767. The van der Waals surface area contributed by atoms with Gasteiger partial charge in [0.1, 0.15) is 0 Å². The highest BCUT2D eigenvalue weighted by Crippen LogP contribution is 2.45. The zero-order valence-electron chi connectivity index (χ0n) is 11.8. The predicted octanol–water partition coefficient (Wildman–Crippen LogP) is 3.36. The molecule has 1 unspecified atom stereocenters. The molecule has 17 heavy (non-hydrogen) atoms. The van der Waals surface area contributed by atoms with E-state index < -0.39 is 0 Å². The van der Waals surface area contributed by atoms with Crippen LogP contribution in [0.25, 0.3) is 0 Å². The highest BCUT2D eigenvalue weighted by atomic mass is 16.5. The van der Waals surface area contributed by atoms with Gasteiger partial charge < -0.3 is 10.1 Å². The lowest BCUT2D eigenvalue weighted by Gasteiger charge is -2.44. The molecule has 0 aromatic carbocycles. The maximum atomic E-state index is 6.03. The number of rotatable bonds is 6. The number of hydrogen-bond donors (Lipinski definition) is 1. The second-order valence-corrected chi connectivity index (χ2v) is 6.22. The molecule has 0 aliphatic heterocycles. The highest BCUT2D eigenvalue weighted by Gasteiger charge is 2.47. The van der Waals surface area contributed by atoms with Crippen LogP contribution in [0.3, 0.4) is 0 Å². The van der Waals surface area contributed by atoms with E-state index >= 15 is 0 Å². The molecule has 2 nitrogen and oxygen atoms in total. The topological polar surface area (TPSA) is 21.3 Å². The van der Waals surface area contributed by atoms with Crippen molar-refractivity contribution < 1.29 is 4.74 Å². The molecular formula is C15H29NO. The number of nitrogens with one attached hydrogen (secondary N) is 1. The van der Waals surface area contributed by atoms with Gasteiger partial charge in [0.15, 0.2) is 0 Å². The molecular weight excluding hydrogens is 210 g/mol. The Balaban J connectivity index is 2.02. The molecule has 0 amide bonds. The lowest BCUT2D eigenvalue weighted by atomic mass is 9.74. The van der Waals surface area contributed by atoms with Gasteiger partial charge in [-0.3, -0.25) is 0 Å². The minimum atomic E-state index is 0.142. The first-order chi connectivity index (χ1) is 8.22. The zero-order valence-corrected chi connectivity index (χ0v) is 11.8. The summed E-state index contributed by atoms with van der Waals surface area (Å²) in [5.74, 6) is 1.78. The Morgan fingerprint density at radius 1 is 1.24 bits per heavy atom. The molecule has 2 heteroatoms. The van der Waals surface area contributed by atoms with E-state index in [1.165, 1.54) is 44.9 Å². The summed E-state index contributed by atoms with van der Waals surface area (Å²) in [6, 6.07) is 0.611. The monoisotopic (exact) mass is 239 g/mol. The van der Waals surface area contributed by atoms with Crippen LogP contribution in [0.15, 0.2) is 0 Å². The molecule has 1 N–H and O–H groups in total. The van der Waals surface area contributed by atoms with Crippen LogP contribution in [-0.4, -0.2) is 25.3 Å². The summed E-state index contributed by atoms with van der Waals surface area (Å²) >= 11 is 0. The van der Waals surface area contributed by atoms with Crippen LogP contribution < -0.4 is 5.32 Å². The first-order valence-corrected chi connectivity index (χ1v) is 7.50. The van der Waals surface area contributed by atoms with Gasteiger partial charge in [-0.15, -0.1) is 0 Å². The molecule has 0 radical (unpaired) electrons. The first kappa shape index (κ1) is 13.4. The van der Waals surface area contributed by atoms with Gasteiger partial charge in [-0.25, -0.2) is 0 Å². The SMILES string of the molecule is CCCNC(C1CC1)C1(OC)CCC(C)CC1. The van der Waals surface area contributed by atoms with Crippen LogP contribution in [0.1, 0.15) is 58.8 Å². The van der Waals surface area contributed by atoms with Crippen LogP contribution >= 0.6 is 0 Å². The average Bonchev–Trinajstić information content (AvgIpc) is 3.17.